The maximum atomic E-state index is 5.45. The summed E-state index contributed by atoms with van der Waals surface area (Å²) >= 11 is 0. The Morgan fingerprint density at radius 1 is 0.268 bits per heavy atom. The number of hydrogen-bond donors (Lipinski definition) is 0. The molecule has 4 heterocycles. The van der Waals surface area contributed by atoms with Crippen molar-refractivity contribution in [1.29, 1.82) is 0 Å². The molecule has 0 aliphatic heterocycles. The fraction of sp³-hybridized carbons (Fsp3) is 0. The largest absolute Gasteiger partial charge is 0.275 e. The van der Waals surface area contributed by atoms with Crippen LogP contribution in [0.5, 0.6) is 0 Å². The van der Waals surface area contributed by atoms with Crippen molar-refractivity contribution in [2.24, 2.45) is 0 Å². The van der Waals surface area contributed by atoms with Crippen molar-refractivity contribution in [1.82, 2.24) is 28.7 Å². The van der Waals surface area contributed by atoms with Gasteiger partial charge in [0.2, 0.25) is 0 Å². The Balaban J connectivity index is 1.16. The minimum absolute atomic E-state index is 0.848. The summed E-state index contributed by atoms with van der Waals surface area (Å²) < 4.78 is 4.46. The Hall–Kier alpha value is -7.70. The van der Waals surface area contributed by atoms with Gasteiger partial charge in [0.25, 0.3) is 0 Å². The Labute approximate surface area is 322 Å². The van der Waals surface area contributed by atoms with Crippen LogP contribution < -0.4 is 0 Å². The summed E-state index contributed by atoms with van der Waals surface area (Å²) in [5.74, 6) is 1.70. The molecule has 0 fully saturated rings. The lowest BCUT2D eigenvalue weighted by Gasteiger charge is -2.13. The highest BCUT2D eigenvalue weighted by Gasteiger charge is 2.24. The molecule has 0 N–H and O–H groups in total. The number of rotatable bonds is 6. The third-order valence-corrected chi connectivity index (χ3v) is 10.5. The normalized spacial score (nSPS) is 11.6. The molecular weight excluding hydrogens is 685 g/mol. The summed E-state index contributed by atoms with van der Waals surface area (Å²) in [6.45, 7) is 0. The zero-order chi connectivity index (χ0) is 37.0. The van der Waals surface area contributed by atoms with Gasteiger partial charge in [-0.25, -0.2) is 19.9 Å². The van der Waals surface area contributed by atoms with E-state index in [1.807, 2.05) is 36.4 Å². The smallest absolute Gasteiger partial charge is 0.149 e. The van der Waals surface area contributed by atoms with E-state index in [-0.39, 0.29) is 0 Å². The fourth-order valence-corrected chi connectivity index (χ4v) is 7.94. The first-order valence-electron chi connectivity index (χ1n) is 18.7. The van der Waals surface area contributed by atoms with Crippen molar-refractivity contribution in [3.8, 4) is 67.8 Å². The molecule has 11 aromatic rings. The topological polar surface area (TPSA) is 60.4 Å². The lowest BCUT2D eigenvalue weighted by atomic mass is 10.0. The van der Waals surface area contributed by atoms with E-state index < -0.39 is 0 Å². The van der Waals surface area contributed by atoms with Crippen molar-refractivity contribution >= 4 is 33.1 Å². The minimum Gasteiger partial charge on any atom is -0.275 e. The first kappa shape index (κ1) is 31.8. The van der Waals surface area contributed by atoms with Crippen molar-refractivity contribution in [2.45, 2.75) is 0 Å². The monoisotopic (exact) mass is 716 g/mol. The molecule has 0 unspecified atom stereocenters. The van der Waals surface area contributed by atoms with Crippen LogP contribution >= 0.6 is 0 Å². The van der Waals surface area contributed by atoms with Gasteiger partial charge in [0.05, 0.1) is 33.8 Å². The van der Waals surface area contributed by atoms with Crippen LogP contribution in [-0.2, 0) is 0 Å². The highest BCUT2D eigenvalue weighted by Crippen LogP contribution is 2.41. The lowest BCUT2D eigenvalue weighted by Crippen LogP contribution is -2.00. The third kappa shape index (κ3) is 5.11. The molecule has 0 atom stereocenters. The predicted octanol–water partition coefficient (Wildman–Crippen LogP) is 12.1. The van der Waals surface area contributed by atoms with Gasteiger partial charge in [-0.2, -0.15) is 0 Å². The maximum Gasteiger partial charge on any atom is 0.149 e. The molecule has 0 spiro atoms. The first-order valence-corrected chi connectivity index (χ1v) is 18.7. The van der Waals surface area contributed by atoms with Gasteiger partial charge in [-0.05, 0) is 24.3 Å². The Morgan fingerprint density at radius 2 is 0.589 bits per heavy atom. The molecule has 56 heavy (non-hydrogen) atoms. The van der Waals surface area contributed by atoms with Crippen LogP contribution in [0, 0.1) is 0 Å². The van der Waals surface area contributed by atoms with Crippen LogP contribution in [0.15, 0.2) is 194 Å². The molecule has 0 saturated carbocycles. The summed E-state index contributed by atoms with van der Waals surface area (Å²) in [6.07, 6.45) is 0. The SMILES string of the molecule is c1ccc(-c2nc3ccccc3c3nc(-c4ccc(-c5nc6c7ccccc7nc(-c7ccccc7)n6c5-c5ccccc5)cc4)c(-c4ccccc4)n23)cc1. The molecule has 7 aromatic carbocycles. The molecule has 0 aliphatic rings. The van der Waals surface area contributed by atoms with Gasteiger partial charge in [0.1, 0.15) is 22.9 Å². The quantitative estimate of drug-likeness (QED) is 0.172. The van der Waals surface area contributed by atoms with Gasteiger partial charge in [-0.15, -0.1) is 0 Å². The van der Waals surface area contributed by atoms with Crippen LogP contribution in [0.25, 0.3) is 101 Å². The Kier molecular flexibility index (Phi) is 7.38. The molecule has 6 heteroatoms. The van der Waals surface area contributed by atoms with E-state index in [2.05, 4.69) is 167 Å². The number of nitrogens with zero attached hydrogens (tertiary/aromatic N) is 6. The Bertz CT molecular complexity index is 2990. The van der Waals surface area contributed by atoms with E-state index in [0.29, 0.717) is 0 Å². The van der Waals surface area contributed by atoms with Crippen LogP contribution in [-0.4, -0.2) is 28.7 Å². The number of benzene rings is 7. The summed E-state index contributed by atoms with van der Waals surface area (Å²) in [7, 11) is 0. The molecule has 6 nitrogen and oxygen atoms in total. The van der Waals surface area contributed by atoms with Gasteiger partial charge in [0.15, 0.2) is 0 Å². The van der Waals surface area contributed by atoms with E-state index >= 15 is 0 Å². The van der Waals surface area contributed by atoms with Gasteiger partial charge in [-0.1, -0.05) is 170 Å². The third-order valence-electron chi connectivity index (χ3n) is 10.5. The van der Waals surface area contributed by atoms with Crippen molar-refractivity contribution < 1.29 is 0 Å². The zero-order valence-electron chi connectivity index (χ0n) is 30.2. The number of para-hydroxylation sites is 2. The molecular formula is C50H32N6. The average Bonchev–Trinajstić information content (AvgIpc) is 3.88. The summed E-state index contributed by atoms with van der Waals surface area (Å²) in [6, 6.07) is 67.0. The first-order chi connectivity index (χ1) is 27.8. The van der Waals surface area contributed by atoms with Gasteiger partial charge < -0.3 is 0 Å². The molecule has 4 aromatic heterocycles. The van der Waals surface area contributed by atoms with Gasteiger partial charge in [0, 0.05) is 44.2 Å². The number of fused-ring (bicyclic) bond motifs is 6. The zero-order valence-corrected chi connectivity index (χ0v) is 30.2. The molecule has 0 bridgehead atoms. The molecule has 262 valence electrons. The van der Waals surface area contributed by atoms with E-state index in [0.717, 1.165) is 101 Å². The second-order valence-corrected chi connectivity index (χ2v) is 13.9. The van der Waals surface area contributed by atoms with Crippen LogP contribution in [0.2, 0.25) is 0 Å². The second kappa shape index (κ2) is 13.0. The van der Waals surface area contributed by atoms with Crippen LogP contribution in [0.3, 0.4) is 0 Å². The fourth-order valence-electron chi connectivity index (χ4n) is 7.94. The van der Waals surface area contributed by atoms with Crippen molar-refractivity contribution in [2.75, 3.05) is 0 Å². The number of imidazole rings is 2. The van der Waals surface area contributed by atoms with Crippen molar-refractivity contribution in [3.05, 3.63) is 194 Å². The molecule has 11 rings (SSSR count). The molecule has 0 amide bonds. The summed E-state index contributed by atoms with van der Waals surface area (Å²) in [5, 5.41) is 2.00. The predicted molar refractivity (Wildman–Crippen MR) is 227 cm³/mol. The van der Waals surface area contributed by atoms with Crippen LogP contribution in [0.1, 0.15) is 0 Å². The maximum absolute atomic E-state index is 5.45. The van der Waals surface area contributed by atoms with E-state index in [4.69, 9.17) is 19.9 Å². The van der Waals surface area contributed by atoms with Gasteiger partial charge >= 0.3 is 0 Å². The lowest BCUT2D eigenvalue weighted by molar-refractivity contribution is 1.13. The standard InChI is InChI=1S/C50H32N6/c1-5-17-35(18-6-1)45-43(53-49-39-25-13-15-27-41(39)51-47(55(45)49)37-21-9-3-10-22-37)33-29-31-34(32-30-33)44-46(36-19-7-2-8-20-36)56-48(38-23-11-4-12-24-38)52-42-28-16-14-26-40(42)50(56)54-44/h1-32H. The molecule has 0 aliphatic carbocycles. The second-order valence-electron chi connectivity index (χ2n) is 13.9. The van der Waals surface area contributed by atoms with E-state index in [9.17, 15) is 0 Å². The van der Waals surface area contributed by atoms with E-state index in [1.54, 1.807) is 0 Å². The molecule has 0 saturated heterocycles. The average molecular weight is 717 g/mol. The highest BCUT2D eigenvalue weighted by atomic mass is 15.1. The number of aromatic nitrogens is 6. The Morgan fingerprint density at radius 3 is 0.964 bits per heavy atom. The summed E-state index contributed by atoms with van der Waals surface area (Å²) in [4.78, 5) is 21.4. The van der Waals surface area contributed by atoms with Crippen LogP contribution in [0.4, 0.5) is 0 Å². The highest BCUT2D eigenvalue weighted by molar-refractivity contribution is 5.99. The van der Waals surface area contributed by atoms with Crippen molar-refractivity contribution in [3.63, 3.8) is 0 Å². The minimum atomic E-state index is 0.848. The molecule has 0 radical (unpaired) electrons. The number of hydrogen-bond acceptors (Lipinski definition) is 4. The van der Waals surface area contributed by atoms with E-state index in [1.165, 1.54) is 0 Å². The summed E-state index contributed by atoms with van der Waals surface area (Å²) in [5.41, 5.74) is 13.5. The van der Waals surface area contributed by atoms with Gasteiger partial charge in [-0.3, -0.25) is 8.80 Å².